The van der Waals surface area contributed by atoms with E-state index in [9.17, 15) is 9.59 Å². The Morgan fingerprint density at radius 2 is 1.89 bits per heavy atom. The summed E-state index contributed by atoms with van der Waals surface area (Å²) in [6, 6.07) is 17.8. The minimum atomic E-state index is -0.721. The van der Waals surface area contributed by atoms with Crippen LogP contribution < -0.4 is 15.4 Å². The van der Waals surface area contributed by atoms with E-state index in [1.54, 1.807) is 55.7 Å². The molecule has 3 aromatic rings. The molecule has 144 valence electrons. The van der Waals surface area contributed by atoms with Crippen LogP contribution in [0.4, 0.5) is 5.69 Å². The van der Waals surface area contributed by atoms with Crippen LogP contribution in [0, 0.1) is 6.92 Å². The third-order valence-corrected chi connectivity index (χ3v) is 4.10. The van der Waals surface area contributed by atoms with E-state index in [-0.39, 0.29) is 18.4 Å². The first-order chi connectivity index (χ1) is 13.5. The minimum Gasteiger partial charge on any atom is -0.481 e. The maximum atomic E-state index is 12.5. The van der Waals surface area contributed by atoms with Gasteiger partial charge in [-0.15, -0.1) is 0 Å². The molecule has 1 aromatic heterocycles. The number of nitrogens with one attached hydrogen (secondary N) is 2. The van der Waals surface area contributed by atoms with Crippen molar-refractivity contribution in [2.45, 2.75) is 26.5 Å². The lowest BCUT2D eigenvalue weighted by atomic mass is 10.1. The second-order valence-electron chi connectivity index (χ2n) is 6.37. The van der Waals surface area contributed by atoms with Crippen molar-refractivity contribution >= 4 is 17.5 Å². The Hall–Kier alpha value is -3.54. The molecule has 6 nitrogen and oxygen atoms in total. The summed E-state index contributed by atoms with van der Waals surface area (Å²) in [7, 11) is 0. The summed E-state index contributed by atoms with van der Waals surface area (Å²) in [5.74, 6) is 0.620. The van der Waals surface area contributed by atoms with Crippen molar-refractivity contribution in [3.63, 3.8) is 0 Å². The highest BCUT2D eigenvalue weighted by atomic mass is 16.5. The van der Waals surface area contributed by atoms with E-state index in [0.29, 0.717) is 22.8 Å². The molecule has 28 heavy (non-hydrogen) atoms. The Balaban J connectivity index is 1.64. The van der Waals surface area contributed by atoms with Gasteiger partial charge in [0, 0.05) is 0 Å². The van der Waals surface area contributed by atoms with Crippen molar-refractivity contribution in [2.24, 2.45) is 0 Å². The predicted molar refractivity (Wildman–Crippen MR) is 106 cm³/mol. The molecular formula is C22H22N2O4. The average Bonchev–Trinajstić information content (AvgIpc) is 3.20. The highest BCUT2D eigenvalue weighted by Gasteiger charge is 2.18. The fraction of sp³-hybridized carbons (Fsp3) is 0.182. The quantitative estimate of drug-likeness (QED) is 0.653. The van der Waals surface area contributed by atoms with Crippen LogP contribution in [0.1, 0.15) is 28.6 Å². The molecule has 0 bridgehead atoms. The number of ether oxygens (including phenoxy) is 1. The van der Waals surface area contributed by atoms with Gasteiger partial charge in [-0.3, -0.25) is 9.59 Å². The van der Waals surface area contributed by atoms with Gasteiger partial charge in [0.1, 0.15) is 11.5 Å². The van der Waals surface area contributed by atoms with Gasteiger partial charge in [0.15, 0.2) is 6.10 Å². The van der Waals surface area contributed by atoms with Gasteiger partial charge < -0.3 is 19.8 Å². The van der Waals surface area contributed by atoms with E-state index in [1.807, 2.05) is 25.1 Å². The normalized spacial score (nSPS) is 11.5. The number of amides is 2. The van der Waals surface area contributed by atoms with E-state index in [4.69, 9.17) is 9.15 Å². The summed E-state index contributed by atoms with van der Waals surface area (Å²) in [6.45, 7) is 3.88. The molecule has 2 aromatic carbocycles. The highest BCUT2D eigenvalue weighted by Crippen LogP contribution is 2.18. The molecule has 6 heteroatoms. The van der Waals surface area contributed by atoms with E-state index in [0.717, 1.165) is 5.56 Å². The van der Waals surface area contributed by atoms with Crippen molar-refractivity contribution in [1.29, 1.82) is 0 Å². The SMILES string of the molecule is Cc1cccc(OC(C)C(=O)Nc2ccccc2C(=O)NCc2ccco2)c1. The number of hydrogen-bond acceptors (Lipinski definition) is 4. The van der Waals surface area contributed by atoms with Crippen molar-refractivity contribution in [3.8, 4) is 5.75 Å². The summed E-state index contributed by atoms with van der Waals surface area (Å²) >= 11 is 0. The van der Waals surface area contributed by atoms with Crippen LogP contribution in [0.2, 0.25) is 0 Å². The topological polar surface area (TPSA) is 80.6 Å². The molecule has 0 aliphatic heterocycles. The lowest BCUT2D eigenvalue weighted by Gasteiger charge is -2.16. The Morgan fingerprint density at radius 3 is 2.64 bits per heavy atom. The fourth-order valence-corrected chi connectivity index (χ4v) is 2.65. The Bertz CT molecular complexity index is 951. The molecular weight excluding hydrogens is 356 g/mol. The van der Waals surface area contributed by atoms with Crippen LogP contribution in [0.5, 0.6) is 5.75 Å². The van der Waals surface area contributed by atoms with Gasteiger partial charge >= 0.3 is 0 Å². The average molecular weight is 378 g/mol. The van der Waals surface area contributed by atoms with E-state index in [1.165, 1.54) is 0 Å². The Labute approximate surface area is 163 Å². The van der Waals surface area contributed by atoms with Crippen LogP contribution in [-0.4, -0.2) is 17.9 Å². The molecule has 0 saturated carbocycles. The molecule has 2 amide bonds. The van der Waals surface area contributed by atoms with Crippen LogP contribution in [0.3, 0.4) is 0 Å². The summed E-state index contributed by atoms with van der Waals surface area (Å²) in [4.78, 5) is 25.0. The largest absolute Gasteiger partial charge is 0.481 e. The van der Waals surface area contributed by atoms with E-state index >= 15 is 0 Å². The van der Waals surface area contributed by atoms with Gasteiger partial charge in [0.2, 0.25) is 0 Å². The Kier molecular flexibility index (Phi) is 6.11. The number of furan rings is 1. The van der Waals surface area contributed by atoms with E-state index < -0.39 is 6.10 Å². The van der Waals surface area contributed by atoms with Crippen LogP contribution in [-0.2, 0) is 11.3 Å². The number of aryl methyl sites for hydroxylation is 1. The lowest BCUT2D eigenvalue weighted by molar-refractivity contribution is -0.122. The number of benzene rings is 2. The number of anilines is 1. The number of para-hydroxylation sites is 1. The Morgan fingerprint density at radius 1 is 1.07 bits per heavy atom. The number of rotatable bonds is 7. The first-order valence-corrected chi connectivity index (χ1v) is 8.97. The lowest BCUT2D eigenvalue weighted by Crippen LogP contribution is -2.31. The van der Waals surface area contributed by atoms with Gasteiger partial charge in [-0.05, 0) is 55.8 Å². The first-order valence-electron chi connectivity index (χ1n) is 8.97. The van der Waals surface area contributed by atoms with Crippen molar-refractivity contribution in [1.82, 2.24) is 5.32 Å². The summed E-state index contributed by atoms with van der Waals surface area (Å²) < 4.78 is 10.9. The molecule has 2 N–H and O–H groups in total. The van der Waals surface area contributed by atoms with Crippen LogP contribution in [0.25, 0.3) is 0 Å². The highest BCUT2D eigenvalue weighted by molar-refractivity contribution is 6.04. The zero-order valence-corrected chi connectivity index (χ0v) is 15.8. The monoisotopic (exact) mass is 378 g/mol. The predicted octanol–water partition coefficient (Wildman–Crippen LogP) is 3.92. The molecule has 0 spiro atoms. The second-order valence-corrected chi connectivity index (χ2v) is 6.37. The van der Waals surface area contributed by atoms with Gasteiger partial charge in [-0.1, -0.05) is 24.3 Å². The standard InChI is InChI=1S/C22H22N2O4/c1-15-7-5-8-17(13-15)28-16(2)21(25)24-20-11-4-3-10-19(20)22(26)23-14-18-9-6-12-27-18/h3-13,16H,14H2,1-2H3,(H,23,26)(H,24,25). The third kappa shape index (κ3) is 5.01. The summed E-state index contributed by atoms with van der Waals surface area (Å²) in [5.41, 5.74) is 1.83. The molecule has 0 radical (unpaired) electrons. The zero-order chi connectivity index (χ0) is 19.9. The van der Waals surface area contributed by atoms with Crippen LogP contribution >= 0.6 is 0 Å². The second kappa shape index (κ2) is 8.90. The number of hydrogen-bond donors (Lipinski definition) is 2. The minimum absolute atomic E-state index is 0.265. The molecule has 1 unspecified atom stereocenters. The van der Waals surface area contributed by atoms with Gasteiger partial charge in [-0.2, -0.15) is 0 Å². The molecule has 1 heterocycles. The van der Waals surface area contributed by atoms with Crippen molar-refractivity contribution in [3.05, 3.63) is 83.8 Å². The van der Waals surface area contributed by atoms with Gasteiger partial charge in [0.05, 0.1) is 24.1 Å². The molecule has 3 rings (SSSR count). The third-order valence-electron chi connectivity index (χ3n) is 4.10. The zero-order valence-electron chi connectivity index (χ0n) is 15.8. The summed E-state index contributed by atoms with van der Waals surface area (Å²) in [5, 5.41) is 5.55. The van der Waals surface area contributed by atoms with Gasteiger partial charge in [-0.25, -0.2) is 0 Å². The van der Waals surface area contributed by atoms with E-state index in [2.05, 4.69) is 10.6 Å². The maximum absolute atomic E-state index is 12.5. The molecule has 1 atom stereocenters. The smallest absolute Gasteiger partial charge is 0.265 e. The molecule has 0 saturated heterocycles. The molecule has 0 aliphatic rings. The van der Waals surface area contributed by atoms with Crippen molar-refractivity contribution < 1.29 is 18.7 Å². The van der Waals surface area contributed by atoms with Crippen molar-refractivity contribution in [2.75, 3.05) is 5.32 Å². The fourth-order valence-electron chi connectivity index (χ4n) is 2.65. The van der Waals surface area contributed by atoms with Crippen LogP contribution in [0.15, 0.2) is 71.3 Å². The number of carbonyl (C=O) groups excluding carboxylic acids is 2. The first kappa shape index (κ1) is 19.2. The van der Waals surface area contributed by atoms with Gasteiger partial charge in [0.25, 0.3) is 11.8 Å². The molecule has 0 aliphatic carbocycles. The summed E-state index contributed by atoms with van der Waals surface area (Å²) in [6.07, 6.45) is 0.826. The number of carbonyl (C=O) groups is 2. The maximum Gasteiger partial charge on any atom is 0.265 e. The molecule has 0 fully saturated rings.